The van der Waals surface area contributed by atoms with Gasteiger partial charge < -0.3 is 5.32 Å². The molecule has 1 heterocycles. The molecule has 2 aromatic carbocycles. The third-order valence-electron chi connectivity index (χ3n) is 4.36. The molecule has 1 aliphatic carbocycles. The van der Waals surface area contributed by atoms with E-state index in [0.717, 1.165) is 11.3 Å². The summed E-state index contributed by atoms with van der Waals surface area (Å²) in [6, 6.07) is 20.2. The molecule has 0 saturated carbocycles. The highest BCUT2D eigenvalue weighted by molar-refractivity contribution is 6.36. The monoisotopic (exact) mass is 341 g/mol. The van der Waals surface area contributed by atoms with Crippen LogP contribution in [0.15, 0.2) is 84.8 Å². The first-order chi connectivity index (χ1) is 12.6. The molecule has 1 aliphatic rings. The zero-order valence-corrected chi connectivity index (χ0v) is 14.3. The van der Waals surface area contributed by atoms with Crippen LogP contribution in [-0.2, 0) is 0 Å². The quantitative estimate of drug-likeness (QED) is 0.740. The second-order valence-electron chi connectivity index (χ2n) is 6.20. The summed E-state index contributed by atoms with van der Waals surface area (Å²) in [4.78, 5) is 26.3. The van der Waals surface area contributed by atoms with Gasteiger partial charge in [0.15, 0.2) is 18.1 Å². The lowest BCUT2D eigenvalue weighted by atomic mass is 9.90. The molecule has 126 valence electrons. The van der Waals surface area contributed by atoms with E-state index < -0.39 is 0 Å². The van der Waals surface area contributed by atoms with Crippen molar-refractivity contribution < 1.29 is 14.2 Å². The number of Topliss-reactive ketones (excluding diaryl/α,β-unsaturated/α-hetero) is 2. The Morgan fingerprint density at radius 2 is 1.46 bits per heavy atom. The summed E-state index contributed by atoms with van der Waals surface area (Å²) in [6.45, 7) is 1.98. The van der Waals surface area contributed by atoms with Crippen molar-refractivity contribution in [2.75, 3.05) is 5.32 Å². The Morgan fingerprint density at radius 1 is 0.769 bits per heavy atom. The first kappa shape index (κ1) is 16.0. The van der Waals surface area contributed by atoms with Crippen molar-refractivity contribution in [1.82, 2.24) is 0 Å². The van der Waals surface area contributed by atoms with Crippen LogP contribution in [0.5, 0.6) is 0 Å². The molecule has 4 nitrogen and oxygen atoms in total. The lowest BCUT2D eigenvalue weighted by Gasteiger charge is -2.18. The highest BCUT2D eigenvalue weighted by Gasteiger charge is 2.38. The number of aryl methyl sites for hydroxylation is 1. The molecule has 0 bridgehead atoms. The number of anilines is 1. The Labute approximate surface area is 151 Å². The van der Waals surface area contributed by atoms with E-state index >= 15 is 0 Å². The summed E-state index contributed by atoms with van der Waals surface area (Å²) < 4.78 is 1.69. The Bertz CT molecular complexity index is 1050. The Kier molecular flexibility index (Phi) is 3.93. The molecular weight excluding hydrogens is 324 g/mol. The van der Waals surface area contributed by atoms with Gasteiger partial charge in [-0.2, -0.15) is 4.57 Å². The fourth-order valence-corrected chi connectivity index (χ4v) is 3.14. The van der Waals surface area contributed by atoms with E-state index in [4.69, 9.17) is 0 Å². The molecule has 4 rings (SSSR count). The van der Waals surface area contributed by atoms with Gasteiger partial charge in [-0.05, 0) is 24.6 Å². The minimum absolute atomic E-state index is 0.174. The van der Waals surface area contributed by atoms with Crippen LogP contribution in [0.1, 0.15) is 26.3 Å². The smallest absolute Gasteiger partial charge is 0.286 e. The number of allylic oxidation sites excluding steroid dienone is 2. The number of pyridine rings is 1. The van der Waals surface area contributed by atoms with Crippen LogP contribution >= 0.6 is 0 Å². The molecule has 0 amide bonds. The van der Waals surface area contributed by atoms with Crippen LogP contribution < -0.4 is 9.88 Å². The second-order valence-corrected chi connectivity index (χ2v) is 6.20. The average molecular weight is 341 g/mol. The molecule has 0 spiro atoms. The van der Waals surface area contributed by atoms with E-state index in [1.165, 1.54) is 0 Å². The van der Waals surface area contributed by atoms with Gasteiger partial charge in [-0.3, -0.25) is 9.59 Å². The first-order valence-electron chi connectivity index (χ1n) is 8.38. The van der Waals surface area contributed by atoms with E-state index in [-0.39, 0.29) is 17.3 Å². The van der Waals surface area contributed by atoms with Crippen LogP contribution in [0.4, 0.5) is 5.69 Å². The first-order valence-corrected chi connectivity index (χ1v) is 8.38. The van der Waals surface area contributed by atoms with Gasteiger partial charge in [-0.25, -0.2) is 0 Å². The minimum atomic E-state index is -0.187. The molecule has 3 aromatic rings. The Balaban J connectivity index is 1.92. The van der Waals surface area contributed by atoms with Gasteiger partial charge in [0.05, 0.1) is 0 Å². The number of nitrogens with zero attached hydrogens (tertiary/aromatic N) is 1. The van der Waals surface area contributed by atoms with Crippen molar-refractivity contribution in [3.05, 3.63) is 102 Å². The number of ketones is 2. The van der Waals surface area contributed by atoms with Crippen LogP contribution in [-0.4, -0.2) is 11.6 Å². The maximum Gasteiger partial charge on any atom is 0.286 e. The van der Waals surface area contributed by atoms with Gasteiger partial charge in [0.25, 0.3) is 11.5 Å². The van der Waals surface area contributed by atoms with Gasteiger partial charge >= 0.3 is 0 Å². The van der Waals surface area contributed by atoms with Gasteiger partial charge in [-0.1, -0.05) is 42.5 Å². The number of carbonyl (C=O) groups is 2. The molecule has 0 fully saturated rings. The minimum Gasteiger partial charge on any atom is -0.347 e. The number of carbonyl (C=O) groups excluding carboxylic acids is 2. The summed E-state index contributed by atoms with van der Waals surface area (Å²) in [5, 5.41) is 3.18. The lowest BCUT2D eigenvalue weighted by Crippen LogP contribution is -2.41. The summed E-state index contributed by atoms with van der Waals surface area (Å²) in [7, 11) is 0. The molecule has 0 radical (unpaired) electrons. The predicted octanol–water partition coefficient (Wildman–Crippen LogP) is 3.64. The van der Waals surface area contributed by atoms with Crippen molar-refractivity contribution >= 4 is 23.0 Å². The SMILES string of the molecule is Cc1cccc(NC2=C([n+]3ccccc3)C(=O)c3ccccc3C2=O)c1. The standard InChI is InChI=1S/C22H16N2O2/c1-15-8-7-9-16(14-15)23-19-20(24-12-5-2-6-13-24)22(26)18-11-4-3-10-17(18)21(19)25/h2-14H,1H3/p+1. The van der Waals surface area contributed by atoms with E-state index in [0.29, 0.717) is 16.8 Å². The van der Waals surface area contributed by atoms with Crippen molar-refractivity contribution in [2.24, 2.45) is 0 Å². The van der Waals surface area contributed by atoms with Gasteiger partial charge in [0.2, 0.25) is 5.78 Å². The third kappa shape index (κ3) is 2.71. The predicted molar refractivity (Wildman–Crippen MR) is 99.8 cm³/mol. The highest BCUT2D eigenvalue weighted by atomic mass is 16.1. The molecule has 0 unspecified atom stereocenters. The van der Waals surface area contributed by atoms with Gasteiger partial charge in [0.1, 0.15) is 0 Å². The second kappa shape index (κ2) is 6.41. The fraction of sp³-hybridized carbons (Fsp3) is 0.0455. The van der Waals surface area contributed by atoms with Crippen LogP contribution in [0.2, 0.25) is 0 Å². The molecular formula is C22H17N2O2+. The number of hydrogen-bond donors (Lipinski definition) is 1. The van der Waals surface area contributed by atoms with E-state index in [1.807, 2.05) is 49.4 Å². The van der Waals surface area contributed by atoms with Crippen molar-refractivity contribution in [2.45, 2.75) is 6.92 Å². The lowest BCUT2D eigenvalue weighted by molar-refractivity contribution is -0.577. The van der Waals surface area contributed by atoms with Crippen LogP contribution in [0.3, 0.4) is 0 Å². The normalized spacial score (nSPS) is 13.6. The third-order valence-corrected chi connectivity index (χ3v) is 4.36. The summed E-state index contributed by atoms with van der Waals surface area (Å²) in [6.07, 6.45) is 3.54. The van der Waals surface area contributed by atoms with E-state index in [1.54, 1.807) is 41.2 Å². The molecule has 4 heteroatoms. The number of hydrogen-bond acceptors (Lipinski definition) is 3. The zero-order chi connectivity index (χ0) is 18.1. The Morgan fingerprint density at radius 3 is 2.15 bits per heavy atom. The number of fused-ring (bicyclic) bond motifs is 1. The number of aromatic nitrogens is 1. The van der Waals surface area contributed by atoms with Crippen LogP contribution in [0.25, 0.3) is 5.70 Å². The summed E-state index contributed by atoms with van der Waals surface area (Å²) in [5.74, 6) is -0.361. The van der Waals surface area contributed by atoms with Gasteiger partial charge in [0, 0.05) is 28.9 Å². The maximum atomic E-state index is 13.2. The fourth-order valence-electron chi connectivity index (χ4n) is 3.14. The Hall–Kier alpha value is -3.53. The average Bonchev–Trinajstić information content (AvgIpc) is 2.67. The largest absolute Gasteiger partial charge is 0.347 e. The summed E-state index contributed by atoms with van der Waals surface area (Å²) in [5.41, 5.74) is 3.31. The van der Waals surface area contributed by atoms with Crippen molar-refractivity contribution in [1.29, 1.82) is 0 Å². The molecule has 0 saturated heterocycles. The van der Waals surface area contributed by atoms with E-state index in [9.17, 15) is 9.59 Å². The van der Waals surface area contributed by atoms with E-state index in [2.05, 4.69) is 5.32 Å². The van der Waals surface area contributed by atoms with Crippen molar-refractivity contribution in [3.63, 3.8) is 0 Å². The maximum absolute atomic E-state index is 13.2. The molecule has 0 aliphatic heterocycles. The highest BCUT2D eigenvalue weighted by Crippen LogP contribution is 2.27. The summed E-state index contributed by atoms with van der Waals surface area (Å²) >= 11 is 0. The van der Waals surface area contributed by atoms with Crippen molar-refractivity contribution in [3.8, 4) is 0 Å². The molecule has 0 atom stereocenters. The number of benzene rings is 2. The van der Waals surface area contributed by atoms with Gasteiger partial charge in [-0.15, -0.1) is 0 Å². The molecule has 1 N–H and O–H groups in total. The molecule has 1 aromatic heterocycles. The number of nitrogens with one attached hydrogen (secondary N) is 1. The topological polar surface area (TPSA) is 50.1 Å². The molecule has 26 heavy (non-hydrogen) atoms. The zero-order valence-electron chi connectivity index (χ0n) is 14.3. The number of rotatable bonds is 3. The van der Waals surface area contributed by atoms with Crippen LogP contribution in [0, 0.1) is 6.92 Å².